The van der Waals surface area contributed by atoms with Crippen molar-refractivity contribution in [3.8, 4) is 0 Å². The zero-order chi connectivity index (χ0) is 15.3. The van der Waals surface area contributed by atoms with Crippen LogP contribution in [0.4, 0.5) is 0 Å². The van der Waals surface area contributed by atoms with Crippen molar-refractivity contribution < 1.29 is 8.42 Å². The summed E-state index contributed by atoms with van der Waals surface area (Å²) in [5, 5.41) is 3.26. The fraction of sp³-hybridized carbons (Fsp3) is 0.417. The number of rotatable bonds is 8. The second kappa shape index (κ2) is 7.50. The van der Waals surface area contributed by atoms with E-state index in [0.717, 1.165) is 17.8 Å². The molecule has 3 N–H and O–H groups in total. The molecule has 0 spiro atoms. The largest absolute Gasteiger partial charge is 0.347 e. The standard InChI is InChI=1S/C12H17BrN4O2S2/c1-2-3-14-7-9-6-10(12(13)20-9)21(18,19)17-8-11-15-4-5-16-11/h4-6,14,17H,2-3,7-8H2,1H3,(H,15,16). The van der Waals surface area contributed by atoms with E-state index in [2.05, 4.69) is 42.9 Å². The molecule has 0 aliphatic carbocycles. The summed E-state index contributed by atoms with van der Waals surface area (Å²) in [6.07, 6.45) is 4.28. The number of aromatic nitrogens is 2. The van der Waals surface area contributed by atoms with E-state index in [1.54, 1.807) is 18.5 Å². The number of thiophene rings is 1. The Morgan fingerprint density at radius 3 is 2.90 bits per heavy atom. The van der Waals surface area contributed by atoms with Gasteiger partial charge in [0.25, 0.3) is 0 Å². The van der Waals surface area contributed by atoms with Crippen LogP contribution >= 0.6 is 27.3 Å². The lowest BCUT2D eigenvalue weighted by molar-refractivity contribution is 0.579. The van der Waals surface area contributed by atoms with Gasteiger partial charge in [0.1, 0.15) is 10.7 Å². The first-order valence-electron chi connectivity index (χ1n) is 6.49. The molecular formula is C12H17BrN4O2S2. The van der Waals surface area contributed by atoms with E-state index in [4.69, 9.17) is 0 Å². The Bertz CT molecular complexity index is 667. The van der Waals surface area contributed by atoms with Gasteiger partial charge in [-0.3, -0.25) is 0 Å². The molecule has 0 saturated carbocycles. The first-order valence-corrected chi connectivity index (χ1v) is 9.59. The normalized spacial score (nSPS) is 11.9. The van der Waals surface area contributed by atoms with Gasteiger partial charge < -0.3 is 10.3 Å². The van der Waals surface area contributed by atoms with Crippen LogP contribution in [0.3, 0.4) is 0 Å². The van der Waals surface area contributed by atoms with Gasteiger partial charge in [0, 0.05) is 23.8 Å². The quantitative estimate of drug-likeness (QED) is 0.601. The molecule has 0 saturated heterocycles. The Hall–Kier alpha value is -0.740. The molecule has 0 atom stereocenters. The molecule has 6 nitrogen and oxygen atoms in total. The van der Waals surface area contributed by atoms with Crippen LogP contribution in [0, 0.1) is 0 Å². The molecule has 0 aliphatic rings. The average molecular weight is 393 g/mol. The van der Waals surface area contributed by atoms with E-state index >= 15 is 0 Å². The molecule has 2 aromatic rings. The van der Waals surface area contributed by atoms with Gasteiger partial charge in [-0.15, -0.1) is 11.3 Å². The first kappa shape index (κ1) is 16.6. The predicted octanol–water partition coefficient (Wildman–Crippen LogP) is 2.21. The number of halogens is 1. The molecule has 9 heteroatoms. The fourth-order valence-electron chi connectivity index (χ4n) is 1.69. The number of sulfonamides is 1. The second-order valence-corrected chi connectivity index (χ2v) is 8.58. The van der Waals surface area contributed by atoms with E-state index in [-0.39, 0.29) is 11.4 Å². The van der Waals surface area contributed by atoms with Crippen molar-refractivity contribution >= 4 is 37.3 Å². The minimum absolute atomic E-state index is 0.140. The van der Waals surface area contributed by atoms with Gasteiger partial charge in [0.2, 0.25) is 10.0 Å². The van der Waals surface area contributed by atoms with E-state index in [1.807, 2.05) is 0 Å². The Morgan fingerprint density at radius 2 is 2.24 bits per heavy atom. The summed E-state index contributed by atoms with van der Waals surface area (Å²) < 4.78 is 27.7. The summed E-state index contributed by atoms with van der Waals surface area (Å²) in [6.45, 7) is 3.81. The van der Waals surface area contributed by atoms with Gasteiger partial charge in [0.15, 0.2) is 0 Å². The van der Waals surface area contributed by atoms with Crippen LogP contribution in [0.1, 0.15) is 24.0 Å². The minimum atomic E-state index is -3.55. The summed E-state index contributed by atoms with van der Waals surface area (Å²) in [4.78, 5) is 8.10. The van der Waals surface area contributed by atoms with Crippen LogP contribution < -0.4 is 10.0 Å². The molecule has 0 aliphatic heterocycles. The number of aromatic amines is 1. The molecule has 116 valence electrons. The molecule has 21 heavy (non-hydrogen) atoms. The van der Waals surface area contributed by atoms with Gasteiger partial charge >= 0.3 is 0 Å². The zero-order valence-electron chi connectivity index (χ0n) is 11.5. The van der Waals surface area contributed by atoms with Gasteiger partial charge in [-0.25, -0.2) is 18.1 Å². The third kappa shape index (κ3) is 4.62. The Balaban J connectivity index is 2.05. The van der Waals surface area contributed by atoms with Gasteiger partial charge in [-0.05, 0) is 35.0 Å². The number of hydrogen-bond acceptors (Lipinski definition) is 5. The molecule has 0 unspecified atom stereocenters. The number of nitrogens with zero attached hydrogens (tertiary/aromatic N) is 1. The summed E-state index contributed by atoms with van der Waals surface area (Å²) in [5.41, 5.74) is 0. The average Bonchev–Trinajstić information content (AvgIpc) is 3.07. The highest BCUT2D eigenvalue weighted by Crippen LogP contribution is 2.31. The molecule has 2 rings (SSSR count). The Morgan fingerprint density at radius 1 is 1.43 bits per heavy atom. The number of imidazole rings is 1. The molecule has 2 heterocycles. The molecule has 0 radical (unpaired) electrons. The fourth-order valence-corrected chi connectivity index (χ4v) is 5.33. The van der Waals surface area contributed by atoms with Gasteiger partial charge in [-0.1, -0.05) is 6.92 Å². The maximum absolute atomic E-state index is 12.3. The summed E-state index contributed by atoms with van der Waals surface area (Å²) in [6, 6.07) is 1.70. The van der Waals surface area contributed by atoms with E-state index in [9.17, 15) is 8.42 Å². The lowest BCUT2D eigenvalue weighted by Gasteiger charge is -2.03. The molecule has 0 amide bonds. The third-order valence-corrected chi connectivity index (χ3v) is 6.36. The van der Waals surface area contributed by atoms with Crippen LogP contribution in [-0.2, 0) is 23.1 Å². The third-order valence-electron chi connectivity index (χ3n) is 2.71. The summed E-state index contributed by atoms with van der Waals surface area (Å²) >= 11 is 4.76. The highest BCUT2D eigenvalue weighted by atomic mass is 79.9. The lowest BCUT2D eigenvalue weighted by Crippen LogP contribution is -2.23. The predicted molar refractivity (Wildman–Crippen MR) is 86.6 cm³/mol. The van der Waals surface area contributed by atoms with E-state index in [1.165, 1.54) is 11.3 Å². The van der Waals surface area contributed by atoms with Crippen molar-refractivity contribution in [3.63, 3.8) is 0 Å². The van der Waals surface area contributed by atoms with Crippen LogP contribution in [0.15, 0.2) is 27.1 Å². The molecule has 0 fully saturated rings. The maximum atomic E-state index is 12.3. The lowest BCUT2D eigenvalue weighted by atomic mass is 10.4. The molecule has 0 aromatic carbocycles. The van der Waals surface area contributed by atoms with E-state index < -0.39 is 10.0 Å². The second-order valence-electron chi connectivity index (χ2n) is 4.39. The van der Waals surface area contributed by atoms with Crippen molar-refractivity contribution in [1.29, 1.82) is 0 Å². The number of H-pyrrole nitrogens is 1. The maximum Gasteiger partial charge on any atom is 0.242 e. The number of hydrogen-bond donors (Lipinski definition) is 3. The zero-order valence-corrected chi connectivity index (χ0v) is 14.7. The molecular weight excluding hydrogens is 376 g/mol. The Labute approximate surface area is 136 Å². The highest BCUT2D eigenvalue weighted by Gasteiger charge is 2.20. The Kier molecular flexibility index (Phi) is 5.94. The van der Waals surface area contributed by atoms with E-state index in [0.29, 0.717) is 16.2 Å². The van der Waals surface area contributed by atoms with Crippen LogP contribution in [0.25, 0.3) is 0 Å². The highest BCUT2D eigenvalue weighted by molar-refractivity contribution is 9.11. The van der Waals surface area contributed by atoms with Crippen molar-refractivity contribution in [2.24, 2.45) is 0 Å². The van der Waals surface area contributed by atoms with Crippen molar-refractivity contribution in [1.82, 2.24) is 20.0 Å². The first-order chi connectivity index (χ1) is 10.0. The molecule has 0 bridgehead atoms. The van der Waals surface area contributed by atoms with Crippen molar-refractivity contribution in [2.45, 2.75) is 31.3 Å². The SMILES string of the molecule is CCCNCc1cc(S(=O)(=O)NCc2ncc[nH]2)c(Br)s1. The topological polar surface area (TPSA) is 86.9 Å². The smallest absolute Gasteiger partial charge is 0.242 e. The van der Waals surface area contributed by atoms with Crippen LogP contribution in [0.5, 0.6) is 0 Å². The van der Waals surface area contributed by atoms with Crippen LogP contribution in [0.2, 0.25) is 0 Å². The van der Waals surface area contributed by atoms with Gasteiger partial charge in [0.05, 0.1) is 10.3 Å². The van der Waals surface area contributed by atoms with Crippen LogP contribution in [-0.4, -0.2) is 24.9 Å². The van der Waals surface area contributed by atoms with Gasteiger partial charge in [-0.2, -0.15) is 0 Å². The summed E-state index contributed by atoms with van der Waals surface area (Å²) in [7, 11) is -3.55. The summed E-state index contributed by atoms with van der Waals surface area (Å²) in [5.74, 6) is 0.578. The minimum Gasteiger partial charge on any atom is -0.347 e. The van der Waals surface area contributed by atoms with Crippen molar-refractivity contribution in [3.05, 3.63) is 32.9 Å². The number of nitrogens with one attached hydrogen (secondary N) is 3. The molecule has 2 aromatic heterocycles. The monoisotopic (exact) mass is 392 g/mol. The van der Waals surface area contributed by atoms with Crippen molar-refractivity contribution in [2.75, 3.05) is 6.54 Å².